The summed E-state index contributed by atoms with van der Waals surface area (Å²) in [6.07, 6.45) is 8.69. The molecule has 3 saturated heterocycles. The van der Waals surface area contributed by atoms with Crippen molar-refractivity contribution in [3.8, 4) is 0 Å². The summed E-state index contributed by atoms with van der Waals surface area (Å²) < 4.78 is 31.3. The van der Waals surface area contributed by atoms with Crippen molar-refractivity contribution in [1.29, 1.82) is 0 Å². The molecule has 3 aromatic rings. The highest BCUT2D eigenvalue weighted by molar-refractivity contribution is 5.98. The molecule has 0 radical (unpaired) electrons. The van der Waals surface area contributed by atoms with Gasteiger partial charge in [0, 0.05) is 36.1 Å². The molecular weight excluding hydrogens is 777 g/mol. The van der Waals surface area contributed by atoms with Crippen LogP contribution in [0.3, 0.4) is 0 Å². The lowest BCUT2D eigenvalue weighted by Crippen LogP contribution is -2.51. The SMILES string of the molecule is CC(C)(C)OC(=O)CCC(CO)NC(=O)C1CCCN1C(=O)C1=CC2OC(c3ccccc3)(c3ccccc3)OC2C(OC(=O)c2cccc(C=CC3CCC4OC4C3)c2)C1. The molecule has 2 N–H and O–H groups in total. The number of carbonyl (C=O) groups excluding carboxylic acids is 4. The van der Waals surface area contributed by atoms with E-state index >= 15 is 0 Å². The highest BCUT2D eigenvalue weighted by Crippen LogP contribution is 2.47. The van der Waals surface area contributed by atoms with Crippen molar-refractivity contribution in [1.82, 2.24) is 10.2 Å². The Balaban J connectivity index is 1.03. The molecule has 1 saturated carbocycles. The molecular formula is C49H56N2O10. The fraction of sp³-hybridized carbons (Fsp3) is 0.469. The first-order chi connectivity index (χ1) is 29.4. The number of likely N-dealkylation sites (tertiary alicyclic amines) is 1. The maximum Gasteiger partial charge on any atom is 0.338 e. The van der Waals surface area contributed by atoms with E-state index in [1.807, 2.05) is 78.9 Å². The van der Waals surface area contributed by atoms with Crippen LogP contribution in [0.5, 0.6) is 0 Å². The number of epoxide rings is 1. The number of allylic oxidation sites excluding steroid dienone is 1. The molecule has 4 fully saturated rings. The number of esters is 2. The minimum Gasteiger partial charge on any atom is -0.460 e. The number of nitrogens with one attached hydrogen (secondary N) is 1. The first-order valence-electron chi connectivity index (χ1n) is 21.7. The Morgan fingerprint density at radius 3 is 2.36 bits per heavy atom. The van der Waals surface area contributed by atoms with Crippen molar-refractivity contribution in [2.45, 2.75) is 126 Å². The van der Waals surface area contributed by atoms with Gasteiger partial charge in [0.2, 0.25) is 17.6 Å². The zero-order chi connectivity index (χ0) is 42.7. The van der Waals surface area contributed by atoms with E-state index in [9.17, 15) is 24.3 Å². The number of aliphatic hydroxyl groups is 1. The highest BCUT2D eigenvalue weighted by atomic mass is 16.8. The van der Waals surface area contributed by atoms with Gasteiger partial charge in [-0.15, -0.1) is 0 Å². The Kier molecular flexibility index (Phi) is 12.6. The Labute approximate surface area is 357 Å². The van der Waals surface area contributed by atoms with E-state index in [1.165, 1.54) is 4.90 Å². The zero-order valence-electron chi connectivity index (χ0n) is 35.1. The molecule has 3 aromatic carbocycles. The topological polar surface area (TPSA) is 153 Å². The number of benzene rings is 3. The van der Waals surface area contributed by atoms with Crippen LogP contribution in [0, 0.1) is 5.92 Å². The van der Waals surface area contributed by atoms with Gasteiger partial charge < -0.3 is 39.0 Å². The van der Waals surface area contributed by atoms with Gasteiger partial charge in [-0.2, -0.15) is 0 Å². The molecule has 3 aliphatic heterocycles. The van der Waals surface area contributed by atoms with Crippen LogP contribution in [-0.4, -0.2) is 95.1 Å². The Morgan fingerprint density at radius 1 is 0.934 bits per heavy atom. The molecule has 12 nitrogen and oxygen atoms in total. The van der Waals surface area contributed by atoms with Gasteiger partial charge >= 0.3 is 11.9 Å². The fourth-order valence-electron chi connectivity index (χ4n) is 9.07. The van der Waals surface area contributed by atoms with E-state index in [0.717, 1.165) is 36.0 Å². The zero-order valence-corrected chi connectivity index (χ0v) is 35.1. The van der Waals surface area contributed by atoms with Crippen LogP contribution in [0.1, 0.15) is 99.2 Å². The number of amides is 2. The van der Waals surface area contributed by atoms with Crippen molar-refractivity contribution >= 4 is 29.8 Å². The summed E-state index contributed by atoms with van der Waals surface area (Å²) in [4.78, 5) is 56.3. The van der Waals surface area contributed by atoms with Gasteiger partial charge in [0.15, 0.2) is 0 Å². The lowest BCUT2D eigenvalue weighted by molar-refractivity contribution is -0.157. The van der Waals surface area contributed by atoms with Gasteiger partial charge in [0.1, 0.15) is 30.0 Å². The molecule has 5 aliphatic rings. The number of carbonyl (C=O) groups is 4. The fourth-order valence-corrected chi connectivity index (χ4v) is 9.07. The minimum atomic E-state index is -1.37. The van der Waals surface area contributed by atoms with Gasteiger partial charge in [-0.25, -0.2) is 4.79 Å². The smallest absolute Gasteiger partial charge is 0.338 e. The Bertz CT molecular complexity index is 2090. The van der Waals surface area contributed by atoms with Crippen molar-refractivity contribution in [2.24, 2.45) is 5.92 Å². The highest BCUT2D eigenvalue weighted by Gasteiger charge is 2.55. The monoisotopic (exact) mass is 832 g/mol. The van der Waals surface area contributed by atoms with Crippen LogP contribution < -0.4 is 5.32 Å². The number of nitrogens with zero attached hydrogens (tertiary/aromatic N) is 1. The number of aliphatic hydroxyl groups excluding tert-OH is 1. The molecule has 322 valence electrons. The Morgan fingerprint density at radius 2 is 1.67 bits per heavy atom. The van der Waals surface area contributed by atoms with Crippen LogP contribution in [0.15, 0.2) is 103 Å². The van der Waals surface area contributed by atoms with Crippen LogP contribution >= 0.6 is 0 Å². The molecule has 2 aliphatic carbocycles. The average molecular weight is 833 g/mol. The predicted molar refractivity (Wildman–Crippen MR) is 226 cm³/mol. The van der Waals surface area contributed by atoms with Crippen LogP contribution in [-0.2, 0) is 43.9 Å². The van der Waals surface area contributed by atoms with E-state index < -0.39 is 59.6 Å². The van der Waals surface area contributed by atoms with Crippen molar-refractivity contribution in [3.05, 3.63) is 125 Å². The number of hydrogen-bond donors (Lipinski definition) is 2. The van der Waals surface area contributed by atoms with E-state index in [2.05, 4.69) is 17.5 Å². The van der Waals surface area contributed by atoms with Crippen LogP contribution in [0.4, 0.5) is 0 Å². The second kappa shape index (κ2) is 18.1. The summed E-state index contributed by atoms with van der Waals surface area (Å²) >= 11 is 0. The number of fused-ring (bicyclic) bond motifs is 2. The summed E-state index contributed by atoms with van der Waals surface area (Å²) in [5.41, 5.74) is 2.42. The Hall–Kier alpha value is -5.14. The van der Waals surface area contributed by atoms with Crippen LogP contribution in [0.25, 0.3) is 6.08 Å². The molecule has 0 aromatic heterocycles. The summed E-state index contributed by atoms with van der Waals surface area (Å²) in [6, 6.07) is 24.9. The van der Waals surface area contributed by atoms with E-state index in [-0.39, 0.29) is 31.8 Å². The first kappa shape index (κ1) is 42.5. The first-order valence-corrected chi connectivity index (χ1v) is 21.7. The van der Waals surface area contributed by atoms with Gasteiger partial charge in [-0.1, -0.05) is 84.9 Å². The summed E-state index contributed by atoms with van der Waals surface area (Å²) in [5.74, 6) is -2.71. The molecule has 2 amide bonds. The maximum absolute atomic E-state index is 14.6. The quantitative estimate of drug-likeness (QED) is 0.146. The minimum absolute atomic E-state index is 0.0131. The van der Waals surface area contributed by atoms with Gasteiger partial charge in [0.05, 0.1) is 30.4 Å². The summed E-state index contributed by atoms with van der Waals surface area (Å²) in [7, 11) is 0. The normalized spacial score (nSPS) is 27.0. The van der Waals surface area contributed by atoms with Gasteiger partial charge in [-0.05, 0) is 89.0 Å². The third-order valence-corrected chi connectivity index (χ3v) is 12.1. The number of ether oxygens (including phenoxy) is 5. The summed E-state index contributed by atoms with van der Waals surface area (Å²) in [6.45, 7) is 5.28. The molecule has 3 heterocycles. The van der Waals surface area contributed by atoms with Crippen molar-refractivity contribution in [3.63, 3.8) is 0 Å². The molecule has 0 bridgehead atoms. The molecule has 12 heteroatoms. The van der Waals surface area contributed by atoms with Gasteiger partial charge in [-0.3, -0.25) is 14.4 Å². The second-order valence-corrected chi connectivity index (χ2v) is 17.8. The maximum atomic E-state index is 14.6. The molecule has 0 spiro atoms. The summed E-state index contributed by atoms with van der Waals surface area (Å²) in [5, 5.41) is 12.9. The molecule has 61 heavy (non-hydrogen) atoms. The third kappa shape index (κ3) is 9.83. The lowest BCUT2D eigenvalue weighted by atomic mass is 9.88. The predicted octanol–water partition coefficient (Wildman–Crippen LogP) is 6.40. The van der Waals surface area contributed by atoms with Crippen molar-refractivity contribution < 1.29 is 48.0 Å². The molecule has 8 unspecified atom stereocenters. The lowest BCUT2D eigenvalue weighted by Gasteiger charge is -2.33. The number of hydrogen-bond acceptors (Lipinski definition) is 10. The van der Waals surface area contributed by atoms with E-state index in [0.29, 0.717) is 48.6 Å². The van der Waals surface area contributed by atoms with Gasteiger partial charge in [0.25, 0.3) is 0 Å². The van der Waals surface area contributed by atoms with Crippen LogP contribution in [0.2, 0.25) is 0 Å². The van der Waals surface area contributed by atoms with Crippen molar-refractivity contribution in [2.75, 3.05) is 13.2 Å². The number of rotatable bonds is 13. The van der Waals surface area contributed by atoms with E-state index in [1.54, 1.807) is 32.9 Å². The standard InChI is InChI=1S/C49H56N2O10/c1-48(2,3)60-43(53)24-22-37(30-52)50-45(54)38-18-11-25-51(38)46(55)34-28-41(58-47(56)33-13-10-12-31(26-33)19-20-32-21-23-39-40(27-32)57-39)44-42(29-34)59-49(61-44,35-14-6-4-7-15-35)36-16-8-5-9-17-36/h4-10,12-17,19-20,26,29,32,37-42,44,52H,11,18,21-25,27-28,30H2,1-3H3,(H,50,54). The molecule has 8 atom stereocenters. The molecule has 8 rings (SSSR count). The largest absolute Gasteiger partial charge is 0.460 e. The second-order valence-electron chi connectivity index (χ2n) is 17.8. The van der Waals surface area contributed by atoms with E-state index in [4.69, 9.17) is 23.7 Å². The average Bonchev–Trinajstić information content (AvgIpc) is 3.65. The third-order valence-electron chi connectivity index (χ3n) is 12.1.